The van der Waals surface area contributed by atoms with Crippen LogP contribution >= 0.6 is 0 Å². The Kier molecular flexibility index (Phi) is 2.71. The van der Waals surface area contributed by atoms with Crippen LogP contribution in [0.2, 0.25) is 0 Å². The van der Waals surface area contributed by atoms with Crippen LogP contribution in [0.4, 0.5) is 0 Å². The molecule has 0 unspecified atom stereocenters. The zero-order valence-electron chi connectivity index (χ0n) is 11.0. The summed E-state index contributed by atoms with van der Waals surface area (Å²) in [4.78, 5) is 18.9. The molecule has 6 heteroatoms. The first-order valence-electron chi connectivity index (χ1n) is 6.09. The summed E-state index contributed by atoms with van der Waals surface area (Å²) in [6.07, 6.45) is 1.60. The number of aromatic nitrogens is 4. The minimum atomic E-state index is -1.16. The Labute approximate surface area is 114 Å². The Morgan fingerprint density at radius 1 is 1.25 bits per heavy atom. The highest BCUT2D eigenvalue weighted by atomic mass is 16.4. The second-order valence-electron chi connectivity index (χ2n) is 4.60. The molecule has 0 aliphatic carbocycles. The number of carboxylic acid groups (broad SMARTS) is 1. The van der Waals surface area contributed by atoms with Crippen molar-refractivity contribution < 1.29 is 9.90 Å². The Morgan fingerprint density at radius 2 is 2.05 bits per heavy atom. The highest BCUT2D eigenvalue weighted by Gasteiger charge is 2.15. The SMILES string of the molecule is Cc1ccc(C)c(-c2ccnc3nc(C(=O)O)nn23)c1. The van der Waals surface area contributed by atoms with Gasteiger partial charge in [0.05, 0.1) is 5.69 Å². The van der Waals surface area contributed by atoms with Gasteiger partial charge in [0.2, 0.25) is 0 Å². The van der Waals surface area contributed by atoms with E-state index < -0.39 is 5.97 Å². The number of carbonyl (C=O) groups is 1. The average Bonchev–Trinajstić information content (AvgIpc) is 2.85. The maximum atomic E-state index is 11.0. The van der Waals surface area contributed by atoms with Crippen molar-refractivity contribution >= 4 is 11.7 Å². The van der Waals surface area contributed by atoms with Crippen molar-refractivity contribution in [2.75, 3.05) is 0 Å². The number of benzene rings is 1. The van der Waals surface area contributed by atoms with Gasteiger partial charge in [-0.3, -0.25) is 0 Å². The number of nitrogens with zero attached hydrogens (tertiary/aromatic N) is 4. The third-order valence-electron chi connectivity index (χ3n) is 3.10. The summed E-state index contributed by atoms with van der Waals surface area (Å²) in [5, 5.41) is 13.0. The molecule has 0 aliphatic rings. The Balaban J connectivity index is 2.30. The van der Waals surface area contributed by atoms with Crippen LogP contribution in [0.5, 0.6) is 0 Å². The Morgan fingerprint density at radius 3 is 2.80 bits per heavy atom. The second kappa shape index (κ2) is 4.41. The van der Waals surface area contributed by atoms with Crippen molar-refractivity contribution in [3.63, 3.8) is 0 Å². The lowest BCUT2D eigenvalue weighted by molar-refractivity contribution is 0.0684. The summed E-state index contributed by atoms with van der Waals surface area (Å²) in [6.45, 7) is 4.00. The summed E-state index contributed by atoms with van der Waals surface area (Å²) >= 11 is 0. The van der Waals surface area contributed by atoms with E-state index in [2.05, 4.69) is 15.1 Å². The number of hydrogen-bond donors (Lipinski definition) is 1. The van der Waals surface area contributed by atoms with Crippen molar-refractivity contribution in [3.05, 3.63) is 47.4 Å². The van der Waals surface area contributed by atoms with E-state index in [1.807, 2.05) is 32.0 Å². The van der Waals surface area contributed by atoms with Gasteiger partial charge in [-0.2, -0.15) is 9.50 Å². The summed E-state index contributed by atoms with van der Waals surface area (Å²) < 4.78 is 1.46. The minimum absolute atomic E-state index is 0.254. The van der Waals surface area contributed by atoms with Gasteiger partial charge in [0.15, 0.2) is 0 Å². The highest BCUT2D eigenvalue weighted by molar-refractivity contribution is 5.83. The maximum Gasteiger partial charge on any atom is 0.375 e. The number of fused-ring (bicyclic) bond motifs is 1. The van der Waals surface area contributed by atoms with Gasteiger partial charge in [0.1, 0.15) is 0 Å². The monoisotopic (exact) mass is 268 g/mol. The van der Waals surface area contributed by atoms with Gasteiger partial charge in [-0.1, -0.05) is 17.7 Å². The molecule has 6 nitrogen and oxygen atoms in total. The van der Waals surface area contributed by atoms with Gasteiger partial charge >= 0.3 is 5.97 Å². The Bertz CT molecular complexity index is 823. The highest BCUT2D eigenvalue weighted by Crippen LogP contribution is 2.24. The van der Waals surface area contributed by atoms with E-state index in [1.165, 1.54) is 4.52 Å². The molecular formula is C14H12N4O2. The third-order valence-corrected chi connectivity index (χ3v) is 3.10. The topological polar surface area (TPSA) is 80.4 Å². The van der Waals surface area contributed by atoms with Crippen LogP contribution in [0.3, 0.4) is 0 Å². The van der Waals surface area contributed by atoms with Crippen LogP contribution in [0.25, 0.3) is 17.0 Å². The maximum absolute atomic E-state index is 11.0. The van der Waals surface area contributed by atoms with Gasteiger partial charge in [0.25, 0.3) is 11.6 Å². The lowest BCUT2D eigenvalue weighted by atomic mass is 10.0. The molecule has 1 aromatic carbocycles. The van der Waals surface area contributed by atoms with Gasteiger partial charge in [-0.15, -0.1) is 5.10 Å². The van der Waals surface area contributed by atoms with Crippen molar-refractivity contribution in [3.8, 4) is 11.3 Å². The number of aryl methyl sites for hydroxylation is 2. The largest absolute Gasteiger partial charge is 0.475 e. The molecule has 0 spiro atoms. The molecule has 0 amide bonds. The molecule has 0 saturated carbocycles. The molecule has 100 valence electrons. The van der Waals surface area contributed by atoms with Gasteiger partial charge < -0.3 is 5.11 Å². The normalized spacial score (nSPS) is 10.9. The fourth-order valence-corrected chi connectivity index (χ4v) is 2.10. The van der Waals surface area contributed by atoms with Crippen LogP contribution in [-0.4, -0.2) is 30.7 Å². The first-order chi connectivity index (χ1) is 9.56. The Hall–Kier alpha value is -2.76. The van der Waals surface area contributed by atoms with Crippen LogP contribution in [0.1, 0.15) is 21.7 Å². The van der Waals surface area contributed by atoms with Gasteiger partial charge in [0, 0.05) is 11.8 Å². The van der Waals surface area contributed by atoms with Gasteiger partial charge in [-0.25, -0.2) is 9.78 Å². The van der Waals surface area contributed by atoms with E-state index in [0.29, 0.717) is 0 Å². The van der Waals surface area contributed by atoms with Crippen molar-refractivity contribution in [1.29, 1.82) is 0 Å². The molecule has 0 aliphatic heterocycles. The molecule has 0 bridgehead atoms. The van der Waals surface area contributed by atoms with Crippen molar-refractivity contribution in [2.24, 2.45) is 0 Å². The summed E-state index contributed by atoms with van der Waals surface area (Å²) in [5.74, 6) is -1.14. The second-order valence-corrected chi connectivity index (χ2v) is 4.60. The number of carboxylic acids is 1. The fourth-order valence-electron chi connectivity index (χ4n) is 2.10. The van der Waals surface area contributed by atoms with E-state index in [9.17, 15) is 4.79 Å². The van der Waals surface area contributed by atoms with E-state index in [4.69, 9.17) is 5.11 Å². The van der Waals surface area contributed by atoms with E-state index in [-0.39, 0.29) is 11.6 Å². The lowest BCUT2D eigenvalue weighted by Crippen LogP contribution is -2.01. The molecule has 3 rings (SSSR count). The number of aromatic carboxylic acids is 1. The van der Waals surface area contributed by atoms with E-state index >= 15 is 0 Å². The molecule has 0 atom stereocenters. The third kappa shape index (κ3) is 1.91. The summed E-state index contributed by atoms with van der Waals surface area (Å²) in [7, 11) is 0. The smallest absolute Gasteiger partial charge is 0.375 e. The first kappa shape index (κ1) is 12.3. The minimum Gasteiger partial charge on any atom is -0.475 e. The molecule has 20 heavy (non-hydrogen) atoms. The molecule has 0 saturated heterocycles. The quantitative estimate of drug-likeness (QED) is 0.769. The molecule has 2 heterocycles. The van der Waals surface area contributed by atoms with Crippen LogP contribution < -0.4 is 0 Å². The van der Waals surface area contributed by atoms with E-state index in [0.717, 1.165) is 22.4 Å². The summed E-state index contributed by atoms with van der Waals surface area (Å²) in [5.41, 5.74) is 3.96. The molecule has 3 aromatic rings. The summed E-state index contributed by atoms with van der Waals surface area (Å²) in [6, 6.07) is 7.88. The molecular weight excluding hydrogens is 256 g/mol. The van der Waals surface area contributed by atoms with Crippen LogP contribution in [0.15, 0.2) is 30.5 Å². The number of hydrogen-bond acceptors (Lipinski definition) is 4. The van der Waals surface area contributed by atoms with E-state index in [1.54, 1.807) is 12.3 Å². The molecule has 0 fully saturated rings. The van der Waals surface area contributed by atoms with Crippen molar-refractivity contribution in [1.82, 2.24) is 19.6 Å². The van der Waals surface area contributed by atoms with Crippen molar-refractivity contribution in [2.45, 2.75) is 13.8 Å². The molecule has 2 aromatic heterocycles. The average molecular weight is 268 g/mol. The molecule has 0 radical (unpaired) electrons. The first-order valence-corrected chi connectivity index (χ1v) is 6.09. The molecule has 1 N–H and O–H groups in total. The fraction of sp³-hybridized carbons (Fsp3) is 0.143. The predicted octanol–water partition coefficient (Wildman–Crippen LogP) is 2.11. The zero-order chi connectivity index (χ0) is 14.3. The predicted molar refractivity (Wildman–Crippen MR) is 72.7 cm³/mol. The van der Waals surface area contributed by atoms with Gasteiger partial charge in [-0.05, 0) is 31.5 Å². The number of rotatable bonds is 2. The van der Waals surface area contributed by atoms with Crippen LogP contribution in [0, 0.1) is 13.8 Å². The standard InChI is InChI=1S/C14H12N4O2/c1-8-3-4-9(2)10(7-8)11-5-6-15-14-16-12(13(19)20)17-18(11)14/h3-7H,1-2H3,(H,19,20). The zero-order valence-corrected chi connectivity index (χ0v) is 11.0. The van der Waals surface area contributed by atoms with Crippen LogP contribution in [-0.2, 0) is 0 Å². The lowest BCUT2D eigenvalue weighted by Gasteiger charge is -2.08.